The third-order valence-corrected chi connectivity index (χ3v) is 12.9. The van der Waals surface area contributed by atoms with E-state index in [0.717, 1.165) is 104 Å². The fourth-order valence-electron chi connectivity index (χ4n) is 10.2. The maximum absolute atomic E-state index is 11.2. The molecule has 0 saturated heterocycles. The smallest absolute Gasteiger partial charge is 0.165 e. The van der Waals surface area contributed by atoms with Gasteiger partial charge in [-0.15, -0.1) is 0 Å². The molecule has 0 saturated carbocycles. The minimum atomic E-state index is 0.304. The standard InChI is InChI=1S/C58H38N6/c1-35-24-27-51-44(30-35)40-17-7-10-21-48(40)62(51)56-55(43-20-13-16-39(33-59)47(43)34-60)54(38-14-5-4-6-15-38)57(63-49-22-11-8-18-41(49)45-31-36(2)25-28-52(45)63)61-58(56)64-50-23-12-9-19-42(50)46-32-37(3)26-29-53(46)64/h4-32H,1-3H3. The van der Waals surface area contributed by atoms with Crippen LogP contribution >= 0.6 is 0 Å². The lowest BCUT2D eigenvalue weighted by Crippen LogP contribution is -2.14. The number of fused-ring (bicyclic) bond motifs is 9. The van der Waals surface area contributed by atoms with Crippen LogP contribution in [0.4, 0.5) is 0 Å². The lowest BCUT2D eigenvalue weighted by Gasteiger charge is -2.26. The van der Waals surface area contributed by atoms with Crippen LogP contribution in [0.25, 0.3) is 105 Å². The van der Waals surface area contributed by atoms with Gasteiger partial charge in [0, 0.05) is 49.0 Å². The van der Waals surface area contributed by atoms with Crippen molar-refractivity contribution < 1.29 is 0 Å². The third-order valence-electron chi connectivity index (χ3n) is 12.9. The van der Waals surface area contributed by atoms with Gasteiger partial charge in [-0.2, -0.15) is 10.5 Å². The van der Waals surface area contributed by atoms with Crippen molar-refractivity contribution in [3.05, 3.63) is 204 Å². The van der Waals surface area contributed by atoms with Crippen LogP contribution in [0.3, 0.4) is 0 Å². The zero-order valence-electron chi connectivity index (χ0n) is 35.4. The summed E-state index contributed by atoms with van der Waals surface area (Å²) in [5.74, 6) is 1.39. The molecule has 0 radical (unpaired) electrons. The molecule has 0 atom stereocenters. The van der Waals surface area contributed by atoms with E-state index in [-0.39, 0.29) is 0 Å². The monoisotopic (exact) mass is 818 g/mol. The zero-order chi connectivity index (χ0) is 43.2. The molecule has 0 bridgehead atoms. The molecule has 12 aromatic rings. The summed E-state index contributed by atoms with van der Waals surface area (Å²) in [5, 5.41) is 28.6. The topological polar surface area (TPSA) is 75.3 Å². The van der Waals surface area contributed by atoms with Gasteiger partial charge in [-0.25, -0.2) is 4.98 Å². The number of hydrogen-bond donors (Lipinski definition) is 0. The van der Waals surface area contributed by atoms with E-state index in [1.165, 1.54) is 0 Å². The number of aromatic nitrogens is 4. The molecular weight excluding hydrogens is 781 g/mol. The second kappa shape index (κ2) is 14.2. The van der Waals surface area contributed by atoms with E-state index in [1.54, 1.807) is 6.07 Å². The van der Waals surface area contributed by atoms with E-state index in [0.29, 0.717) is 28.3 Å². The van der Waals surface area contributed by atoms with Gasteiger partial charge in [0.15, 0.2) is 5.82 Å². The summed E-state index contributed by atoms with van der Waals surface area (Å²) in [5.41, 5.74) is 14.1. The maximum Gasteiger partial charge on any atom is 0.165 e. The van der Waals surface area contributed by atoms with Crippen molar-refractivity contribution in [1.82, 2.24) is 18.7 Å². The number of pyridine rings is 1. The molecule has 0 fully saturated rings. The Hall–Kier alpha value is -8.71. The Morgan fingerprint density at radius 3 is 1.36 bits per heavy atom. The van der Waals surface area contributed by atoms with E-state index < -0.39 is 0 Å². The molecule has 4 aromatic heterocycles. The second-order valence-electron chi connectivity index (χ2n) is 16.8. The lowest BCUT2D eigenvalue weighted by molar-refractivity contribution is 0.986. The molecule has 0 aliphatic heterocycles. The van der Waals surface area contributed by atoms with Crippen LogP contribution < -0.4 is 0 Å². The van der Waals surface area contributed by atoms with Gasteiger partial charge < -0.3 is 4.57 Å². The van der Waals surface area contributed by atoms with Gasteiger partial charge in [0.1, 0.15) is 18.0 Å². The Morgan fingerprint density at radius 1 is 0.391 bits per heavy atom. The fourth-order valence-corrected chi connectivity index (χ4v) is 10.2. The molecule has 0 N–H and O–H groups in total. The molecule has 0 aliphatic carbocycles. The lowest BCUT2D eigenvalue weighted by atomic mass is 9.89. The summed E-state index contributed by atoms with van der Waals surface area (Å²) in [6, 6.07) is 66.4. The molecule has 6 heteroatoms. The second-order valence-corrected chi connectivity index (χ2v) is 16.8. The van der Waals surface area contributed by atoms with Crippen LogP contribution in [0, 0.1) is 43.4 Å². The van der Waals surface area contributed by atoms with E-state index in [4.69, 9.17) is 4.98 Å². The maximum atomic E-state index is 11.2. The number of benzene rings is 8. The fraction of sp³-hybridized carbons (Fsp3) is 0.0517. The highest BCUT2D eigenvalue weighted by atomic mass is 15.2. The Labute approximate surface area is 369 Å². The van der Waals surface area contributed by atoms with Crippen LogP contribution in [-0.2, 0) is 0 Å². The predicted octanol–water partition coefficient (Wildman–Crippen LogP) is 14.4. The summed E-state index contributed by atoms with van der Waals surface area (Å²) < 4.78 is 6.97. The van der Waals surface area contributed by atoms with E-state index in [9.17, 15) is 10.5 Å². The predicted molar refractivity (Wildman–Crippen MR) is 262 cm³/mol. The average molecular weight is 819 g/mol. The van der Waals surface area contributed by atoms with E-state index >= 15 is 0 Å². The quantitative estimate of drug-likeness (QED) is 0.174. The van der Waals surface area contributed by atoms with E-state index in [2.05, 4.69) is 198 Å². The van der Waals surface area contributed by atoms with Crippen molar-refractivity contribution in [2.45, 2.75) is 20.8 Å². The summed E-state index contributed by atoms with van der Waals surface area (Å²) in [6.07, 6.45) is 0. The first-order chi connectivity index (χ1) is 31.4. The van der Waals surface area contributed by atoms with Crippen molar-refractivity contribution in [3.8, 4) is 51.7 Å². The highest BCUT2D eigenvalue weighted by Gasteiger charge is 2.32. The number of aryl methyl sites for hydroxylation is 3. The molecule has 0 amide bonds. The van der Waals surface area contributed by atoms with Gasteiger partial charge in [0.2, 0.25) is 0 Å². The van der Waals surface area contributed by atoms with Crippen molar-refractivity contribution >= 4 is 65.4 Å². The molecule has 0 aliphatic rings. The number of para-hydroxylation sites is 3. The number of rotatable bonds is 5. The molecule has 64 heavy (non-hydrogen) atoms. The van der Waals surface area contributed by atoms with Gasteiger partial charge in [0.25, 0.3) is 0 Å². The Morgan fingerprint density at radius 2 is 0.844 bits per heavy atom. The summed E-state index contributed by atoms with van der Waals surface area (Å²) >= 11 is 0. The van der Waals surface area contributed by atoms with Crippen LogP contribution in [0.1, 0.15) is 27.8 Å². The normalized spacial score (nSPS) is 11.6. The third kappa shape index (κ3) is 5.33. The van der Waals surface area contributed by atoms with Crippen molar-refractivity contribution in [2.24, 2.45) is 0 Å². The largest absolute Gasteiger partial charge is 0.305 e. The molecule has 6 nitrogen and oxygen atoms in total. The first-order valence-electron chi connectivity index (χ1n) is 21.5. The van der Waals surface area contributed by atoms with Crippen LogP contribution in [0.2, 0.25) is 0 Å². The summed E-state index contributed by atoms with van der Waals surface area (Å²) in [4.78, 5) is 6.11. The van der Waals surface area contributed by atoms with Crippen molar-refractivity contribution in [3.63, 3.8) is 0 Å². The minimum absolute atomic E-state index is 0.304. The van der Waals surface area contributed by atoms with Crippen LogP contribution in [0.5, 0.6) is 0 Å². The first kappa shape index (κ1) is 37.1. The van der Waals surface area contributed by atoms with Crippen molar-refractivity contribution in [1.29, 1.82) is 10.5 Å². The van der Waals surface area contributed by atoms with Gasteiger partial charge >= 0.3 is 0 Å². The molecule has 0 unspecified atom stereocenters. The van der Waals surface area contributed by atoms with Gasteiger partial charge in [0.05, 0.1) is 49.9 Å². The molecule has 0 spiro atoms. The Balaban J connectivity index is 1.43. The molecule has 12 rings (SSSR count). The Kier molecular flexibility index (Phi) is 8.21. The number of hydrogen-bond acceptors (Lipinski definition) is 3. The summed E-state index contributed by atoms with van der Waals surface area (Å²) in [6.45, 7) is 6.40. The molecule has 300 valence electrons. The minimum Gasteiger partial charge on any atom is -0.305 e. The van der Waals surface area contributed by atoms with Gasteiger partial charge in [-0.05, 0) is 87.0 Å². The first-order valence-corrected chi connectivity index (χ1v) is 21.5. The van der Waals surface area contributed by atoms with Gasteiger partial charge in [-0.1, -0.05) is 132 Å². The number of nitriles is 2. The highest BCUT2D eigenvalue weighted by molar-refractivity contribution is 6.15. The van der Waals surface area contributed by atoms with Crippen LogP contribution in [-0.4, -0.2) is 18.7 Å². The molecule has 4 heterocycles. The van der Waals surface area contributed by atoms with Crippen LogP contribution in [0.15, 0.2) is 176 Å². The molecule has 8 aromatic carbocycles. The zero-order valence-corrected chi connectivity index (χ0v) is 35.4. The average Bonchev–Trinajstić information content (AvgIpc) is 3.95. The SMILES string of the molecule is Cc1ccc2c(c1)c1ccccc1n2-c1nc(-n2c3ccccc3c3cc(C)ccc32)c(-n2c3ccccc3c3cc(C)ccc32)c(-c2cccc(C#N)c2C#N)c1-c1ccccc1. The molecular formula is C58H38N6. The van der Waals surface area contributed by atoms with Gasteiger partial charge in [-0.3, -0.25) is 9.13 Å². The number of nitrogens with zero attached hydrogens (tertiary/aromatic N) is 6. The van der Waals surface area contributed by atoms with E-state index in [1.807, 2.05) is 18.2 Å². The summed E-state index contributed by atoms with van der Waals surface area (Å²) in [7, 11) is 0. The highest BCUT2D eigenvalue weighted by Crippen LogP contribution is 2.49. The Bertz CT molecular complexity index is 4020. The van der Waals surface area contributed by atoms with Crippen molar-refractivity contribution in [2.75, 3.05) is 0 Å².